The van der Waals surface area contributed by atoms with Crippen LogP contribution in [0.25, 0.3) is 0 Å². The lowest BCUT2D eigenvalue weighted by molar-refractivity contribution is 0.0227. The number of carbonyl (C=O) groups is 1. The number of hydrogen-bond donors (Lipinski definition) is 1. The van der Waals surface area contributed by atoms with Crippen LogP contribution in [0.15, 0.2) is 18.2 Å². The Morgan fingerprint density at radius 1 is 1.20 bits per heavy atom. The first-order valence-corrected chi connectivity index (χ1v) is 7.60. The molecule has 0 bridgehead atoms. The van der Waals surface area contributed by atoms with Crippen molar-refractivity contribution in [1.82, 2.24) is 15.1 Å². The van der Waals surface area contributed by atoms with Crippen molar-refractivity contribution in [2.24, 2.45) is 0 Å². The second kappa shape index (κ2) is 5.90. The molecule has 1 aromatic rings. The Bertz CT molecular complexity index is 511. The van der Waals surface area contributed by atoms with Crippen LogP contribution in [-0.4, -0.2) is 61.0 Å². The largest absolute Gasteiger partial charge is 0.335 e. The smallest absolute Gasteiger partial charge is 0.255 e. The van der Waals surface area contributed by atoms with E-state index in [0.29, 0.717) is 21.7 Å². The molecule has 1 N–H and O–H groups in total. The summed E-state index contributed by atoms with van der Waals surface area (Å²) in [6.45, 7) is 5.78. The van der Waals surface area contributed by atoms with Crippen LogP contribution in [0.2, 0.25) is 10.0 Å². The van der Waals surface area contributed by atoms with Crippen molar-refractivity contribution in [2.75, 3.05) is 39.3 Å². The third-order valence-corrected chi connectivity index (χ3v) is 4.53. The average Bonchev–Trinajstić information content (AvgIpc) is 2.38. The highest BCUT2D eigenvalue weighted by Crippen LogP contribution is 2.25. The molecule has 0 unspecified atom stereocenters. The Labute approximate surface area is 128 Å². The third-order valence-electron chi connectivity index (χ3n) is 3.98. The van der Waals surface area contributed by atoms with Crippen molar-refractivity contribution in [1.29, 1.82) is 0 Å². The van der Waals surface area contributed by atoms with Gasteiger partial charge >= 0.3 is 0 Å². The molecule has 0 saturated carbocycles. The zero-order valence-corrected chi connectivity index (χ0v) is 12.6. The van der Waals surface area contributed by atoms with Gasteiger partial charge in [0.25, 0.3) is 5.91 Å². The monoisotopic (exact) mass is 313 g/mol. The molecule has 0 radical (unpaired) electrons. The van der Waals surface area contributed by atoms with Gasteiger partial charge in [-0.3, -0.25) is 9.69 Å². The Hall–Kier alpha value is -0.810. The number of rotatable bonds is 2. The standard InChI is InChI=1S/C14H17Cl2N3O/c15-10-1-2-12(13(16)7-10)14(20)19-8-11(9-19)18-5-3-17-4-6-18/h1-2,7,11,17H,3-6,8-9H2. The number of amides is 1. The fraction of sp³-hybridized carbons (Fsp3) is 0.500. The zero-order chi connectivity index (χ0) is 14.1. The predicted molar refractivity (Wildman–Crippen MR) is 80.6 cm³/mol. The van der Waals surface area contributed by atoms with E-state index < -0.39 is 0 Å². The van der Waals surface area contributed by atoms with Gasteiger partial charge in [0.1, 0.15) is 0 Å². The molecule has 0 atom stereocenters. The molecule has 4 nitrogen and oxygen atoms in total. The van der Waals surface area contributed by atoms with Crippen LogP contribution in [0.1, 0.15) is 10.4 Å². The van der Waals surface area contributed by atoms with Crippen molar-refractivity contribution < 1.29 is 4.79 Å². The highest BCUT2D eigenvalue weighted by Gasteiger charge is 2.35. The van der Waals surface area contributed by atoms with Crippen molar-refractivity contribution in [3.8, 4) is 0 Å². The number of benzene rings is 1. The van der Waals surface area contributed by atoms with Gasteiger partial charge in [-0.25, -0.2) is 0 Å². The first kappa shape index (κ1) is 14.1. The van der Waals surface area contributed by atoms with Gasteiger partial charge in [0.2, 0.25) is 0 Å². The summed E-state index contributed by atoms with van der Waals surface area (Å²) in [7, 11) is 0. The molecule has 6 heteroatoms. The van der Waals surface area contributed by atoms with Crippen molar-refractivity contribution in [3.05, 3.63) is 33.8 Å². The number of nitrogens with one attached hydrogen (secondary N) is 1. The van der Waals surface area contributed by atoms with Gasteiger partial charge in [0.15, 0.2) is 0 Å². The van der Waals surface area contributed by atoms with Crippen LogP contribution in [0.4, 0.5) is 0 Å². The lowest BCUT2D eigenvalue weighted by atomic mass is 10.0. The summed E-state index contributed by atoms with van der Waals surface area (Å²) in [5, 5.41) is 4.31. The molecule has 0 aromatic heterocycles. The van der Waals surface area contributed by atoms with Gasteiger partial charge in [-0.2, -0.15) is 0 Å². The van der Waals surface area contributed by atoms with E-state index in [1.807, 2.05) is 4.90 Å². The van der Waals surface area contributed by atoms with E-state index in [4.69, 9.17) is 23.2 Å². The van der Waals surface area contributed by atoms with Crippen LogP contribution >= 0.6 is 23.2 Å². The summed E-state index contributed by atoms with van der Waals surface area (Å²) in [6, 6.07) is 5.51. The van der Waals surface area contributed by atoms with Crippen LogP contribution in [0.5, 0.6) is 0 Å². The lowest BCUT2D eigenvalue weighted by Crippen LogP contribution is -2.63. The lowest BCUT2D eigenvalue weighted by Gasteiger charge is -2.46. The van der Waals surface area contributed by atoms with Gasteiger partial charge in [-0.1, -0.05) is 23.2 Å². The van der Waals surface area contributed by atoms with Gasteiger partial charge in [0, 0.05) is 50.3 Å². The van der Waals surface area contributed by atoms with E-state index in [9.17, 15) is 4.79 Å². The van der Waals surface area contributed by atoms with Crippen LogP contribution < -0.4 is 5.32 Å². The van der Waals surface area contributed by atoms with Gasteiger partial charge in [-0.15, -0.1) is 0 Å². The molecule has 1 amide bonds. The number of halogens is 2. The van der Waals surface area contributed by atoms with E-state index in [-0.39, 0.29) is 5.91 Å². The SMILES string of the molecule is O=C(c1ccc(Cl)cc1Cl)N1CC(N2CCNCC2)C1. The van der Waals surface area contributed by atoms with E-state index in [2.05, 4.69) is 10.2 Å². The van der Waals surface area contributed by atoms with Gasteiger partial charge in [0.05, 0.1) is 10.6 Å². The molecule has 2 saturated heterocycles. The second-order valence-electron chi connectivity index (χ2n) is 5.27. The fourth-order valence-electron chi connectivity index (χ4n) is 2.73. The molecule has 2 aliphatic rings. The molecule has 2 fully saturated rings. The maximum absolute atomic E-state index is 12.4. The van der Waals surface area contributed by atoms with Crippen LogP contribution in [0, 0.1) is 0 Å². The second-order valence-corrected chi connectivity index (χ2v) is 6.12. The van der Waals surface area contributed by atoms with E-state index in [1.165, 1.54) is 0 Å². The summed E-state index contributed by atoms with van der Waals surface area (Å²) >= 11 is 11.9. The minimum atomic E-state index is -0.00180. The van der Waals surface area contributed by atoms with Gasteiger partial charge in [-0.05, 0) is 18.2 Å². The van der Waals surface area contributed by atoms with E-state index >= 15 is 0 Å². The topological polar surface area (TPSA) is 35.6 Å². The first-order chi connectivity index (χ1) is 9.65. The fourth-order valence-corrected chi connectivity index (χ4v) is 3.22. The summed E-state index contributed by atoms with van der Waals surface area (Å²) in [5.74, 6) is -0.00180. The number of piperazine rings is 1. The Morgan fingerprint density at radius 2 is 1.90 bits per heavy atom. The van der Waals surface area contributed by atoms with Crippen molar-refractivity contribution in [2.45, 2.75) is 6.04 Å². The Kier molecular flexibility index (Phi) is 4.17. The summed E-state index contributed by atoms with van der Waals surface area (Å²) < 4.78 is 0. The molecular formula is C14H17Cl2N3O. The quantitative estimate of drug-likeness (QED) is 0.903. The average molecular weight is 314 g/mol. The number of nitrogens with zero attached hydrogens (tertiary/aromatic N) is 2. The summed E-state index contributed by atoms with van der Waals surface area (Å²) in [5.41, 5.74) is 0.537. The molecule has 3 rings (SSSR count). The number of likely N-dealkylation sites (tertiary alicyclic amines) is 1. The minimum Gasteiger partial charge on any atom is -0.335 e. The predicted octanol–water partition coefficient (Wildman–Crippen LogP) is 1.72. The molecule has 108 valence electrons. The maximum Gasteiger partial charge on any atom is 0.255 e. The molecule has 1 aromatic carbocycles. The zero-order valence-electron chi connectivity index (χ0n) is 11.1. The molecule has 20 heavy (non-hydrogen) atoms. The summed E-state index contributed by atoms with van der Waals surface area (Å²) in [4.78, 5) is 16.7. The molecule has 2 aliphatic heterocycles. The van der Waals surface area contributed by atoms with E-state index in [0.717, 1.165) is 39.3 Å². The molecular weight excluding hydrogens is 297 g/mol. The molecule has 2 heterocycles. The Balaban J connectivity index is 1.60. The highest BCUT2D eigenvalue weighted by molar-refractivity contribution is 6.36. The maximum atomic E-state index is 12.4. The van der Waals surface area contributed by atoms with Crippen molar-refractivity contribution in [3.63, 3.8) is 0 Å². The van der Waals surface area contributed by atoms with Gasteiger partial charge < -0.3 is 10.2 Å². The summed E-state index contributed by atoms with van der Waals surface area (Å²) in [6.07, 6.45) is 0. The minimum absolute atomic E-state index is 0.00180. The molecule has 0 spiro atoms. The van der Waals surface area contributed by atoms with E-state index in [1.54, 1.807) is 18.2 Å². The van der Waals surface area contributed by atoms with Crippen LogP contribution in [-0.2, 0) is 0 Å². The van der Waals surface area contributed by atoms with Crippen molar-refractivity contribution >= 4 is 29.1 Å². The molecule has 0 aliphatic carbocycles. The highest BCUT2D eigenvalue weighted by atomic mass is 35.5. The normalized spacial score (nSPS) is 20.8. The number of carbonyl (C=O) groups excluding carboxylic acids is 1. The Morgan fingerprint density at radius 3 is 2.55 bits per heavy atom. The third kappa shape index (κ3) is 2.79. The first-order valence-electron chi connectivity index (χ1n) is 6.84. The number of hydrogen-bond acceptors (Lipinski definition) is 3. The van der Waals surface area contributed by atoms with Crippen LogP contribution in [0.3, 0.4) is 0 Å².